The molecule has 0 spiro atoms. The molecule has 0 saturated carbocycles. The van der Waals surface area contributed by atoms with Crippen LogP contribution in [0.3, 0.4) is 0 Å². The lowest BCUT2D eigenvalue weighted by molar-refractivity contribution is 0.111. The molecule has 1 aromatic heterocycles. The number of nitrogens with two attached hydrogens (primary N) is 1. The van der Waals surface area contributed by atoms with Crippen molar-refractivity contribution in [3.05, 3.63) is 29.1 Å². The van der Waals surface area contributed by atoms with Gasteiger partial charge in [-0.2, -0.15) is 0 Å². The van der Waals surface area contributed by atoms with Gasteiger partial charge in [-0.15, -0.1) is 0 Å². The molecule has 0 amide bonds. The summed E-state index contributed by atoms with van der Waals surface area (Å²) in [6.45, 7) is 13.5. The topological polar surface area (TPSA) is 78.5 Å². The lowest BCUT2D eigenvalue weighted by atomic mass is 9.71. The first-order valence-corrected chi connectivity index (χ1v) is 11.1. The van der Waals surface area contributed by atoms with Crippen molar-refractivity contribution in [2.45, 2.75) is 53.0 Å². The van der Waals surface area contributed by atoms with Gasteiger partial charge in [-0.05, 0) is 43.9 Å². The van der Waals surface area contributed by atoms with E-state index in [2.05, 4.69) is 40.5 Å². The Kier molecular flexibility index (Phi) is 5.70. The smallest absolute Gasteiger partial charge is 0.219 e. The van der Waals surface area contributed by atoms with Gasteiger partial charge in [0.05, 0.1) is 6.61 Å². The molecule has 29 heavy (non-hydrogen) atoms. The molecule has 4 rings (SSSR count). The Hall–Kier alpha value is -1.50. The van der Waals surface area contributed by atoms with Crippen LogP contribution in [0.4, 0.5) is 5.95 Å². The fraction of sp³-hybridized carbons (Fsp3) is 0.739. The molecule has 2 atom stereocenters. The summed E-state index contributed by atoms with van der Waals surface area (Å²) in [6, 6.07) is 0. The Morgan fingerprint density at radius 1 is 1.17 bits per heavy atom. The second-order valence-corrected chi connectivity index (χ2v) is 10.3. The van der Waals surface area contributed by atoms with E-state index < -0.39 is 0 Å². The Balaban J connectivity index is 1.35. The average Bonchev–Trinajstić information content (AvgIpc) is 3.16. The standard InChI is InChI=1S/C23H37N5O/c1-17-5-4-7-22(2,3)20(17)6-8-27-12-19-13-28(15-23(19,14-27)16-29)11-18-9-25-21(24)26-10-18/h9-10,19,29H,4-8,11-16H2,1-3H3,(H2,24,25,26). The first kappa shape index (κ1) is 20.8. The van der Waals surface area contributed by atoms with Gasteiger partial charge in [0.2, 0.25) is 5.95 Å². The molecule has 1 aliphatic carbocycles. The zero-order chi connectivity index (χ0) is 20.6. The molecule has 6 heteroatoms. The van der Waals surface area contributed by atoms with Gasteiger partial charge < -0.3 is 15.7 Å². The van der Waals surface area contributed by atoms with Gasteiger partial charge in [-0.25, -0.2) is 9.97 Å². The van der Waals surface area contributed by atoms with Crippen molar-refractivity contribution in [3.63, 3.8) is 0 Å². The molecule has 3 aliphatic rings. The molecule has 6 nitrogen and oxygen atoms in total. The van der Waals surface area contributed by atoms with Gasteiger partial charge in [-0.3, -0.25) is 4.90 Å². The second-order valence-electron chi connectivity index (χ2n) is 10.3. The van der Waals surface area contributed by atoms with Crippen molar-refractivity contribution in [2.24, 2.45) is 16.7 Å². The molecule has 0 radical (unpaired) electrons. The summed E-state index contributed by atoms with van der Waals surface area (Å²) in [5.74, 6) is 0.859. The van der Waals surface area contributed by atoms with E-state index in [0.717, 1.165) is 44.8 Å². The Morgan fingerprint density at radius 3 is 2.52 bits per heavy atom. The van der Waals surface area contributed by atoms with Gasteiger partial charge in [0.25, 0.3) is 0 Å². The van der Waals surface area contributed by atoms with E-state index in [1.54, 1.807) is 11.1 Å². The molecule has 3 N–H and O–H groups in total. The summed E-state index contributed by atoms with van der Waals surface area (Å²) in [5, 5.41) is 10.3. The number of aliphatic hydroxyl groups is 1. The van der Waals surface area contributed by atoms with Gasteiger partial charge in [-0.1, -0.05) is 25.0 Å². The average molecular weight is 400 g/mol. The van der Waals surface area contributed by atoms with Crippen LogP contribution in [-0.2, 0) is 6.54 Å². The fourth-order valence-corrected chi connectivity index (χ4v) is 6.12. The number of anilines is 1. The second kappa shape index (κ2) is 7.97. The number of nitrogen functional groups attached to an aromatic ring is 1. The van der Waals surface area contributed by atoms with Gasteiger partial charge in [0.1, 0.15) is 0 Å². The summed E-state index contributed by atoms with van der Waals surface area (Å²) in [7, 11) is 0. The molecule has 2 saturated heterocycles. The number of aliphatic hydroxyl groups excluding tert-OH is 1. The van der Waals surface area contributed by atoms with E-state index in [1.807, 2.05) is 12.4 Å². The van der Waals surface area contributed by atoms with Crippen LogP contribution in [0.15, 0.2) is 23.5 Å². The number of allylic oxidation sites excluding steroid dienone is 1. The van der Waals surface area contributed by atoms with Crippen LogP contribution in [0.25, 0.3) is 0 Å². The summed E-state index contributed by atoms with van der Waals surface area (Å²) in [4.78, 5) is 13.3. The highest BCUT2D eigenvalue weighted by Gasteiger charge is 2.51. The van der Waals surface area contributed by atoms with E-state index >= 15 is 0 Å². The highest BCUT2D eigenvalue weighted by Crippen LogP contribution is 2.45. The maximum absolute atomic E-state index is 10.3. The molecule has 1 aromatic rings. The van der Waals surface area contributed by atoms with Gasteiger partial charge >= 0.3 is 0 Å². The minimum Gasteiger partial charge on any atom is -0.396 e. The first-order chi connectivity index (χ1) is 13.8. The lowest BCUT2D eigenvalue weighted by Crippen LogP contribution is -2.37. The minimum atomic E-state index is 0.0141. The predicted octanol–water partition coefficient (Wildman–Crippen LogP) is 2.70. The van der Waals surface area contributed by atoms with Crippen molar-refractivity contribution in [1.82, 2.24) is 19.8 Å². The highest BCUT2D eigenvalue weighted by atomic mass is 16.3. The van der Waals surface area contributed by atoms with E-state index in [0.29, 0.717) is 17.3 Å². The van der Waals surface area contributed by atoms with Crippen LogP contribution in [0.1, 0.15) is 52.0 Å². The van der Waals surface area contributed by atoms with Crippen LogP contribution < -0.4 is 5.73 Å². The molecule has 3 heterocycles. The van der Waals surface area contributed by atoms with Gasteiger partial charge in [0, 0.05) is 62.6 Å². The van der Waals surface area contributed by atoms with Crippen LogP contribution in [0.5, 0.6) is 0 Å². The molecular weight excluding hydrogens is 362 g/mol. The minimum absolute atomic E-state index is 0.0141. The first-order valence-electron chi connectivity index (χ1n) is 11.1. The van der Waals surface area contributed by atoms with Gasteiger partial charge in [0.15, 0.2) is 0 Å². The van der Waals surface area contributed by atoms with E-state index in [1.165, 1.54) is 25.7 Å². The molecule has 0 bridgehead atoms. The Bertz CT molecular complexity index is 759. The number of aromatic nitrogens is 2. The number of rotatable bonds is 6. The van der Waals surface area contributed by atoms with Crippen molar-refractivity contribution >= 4 is 5.95 Å². The molecule has 160 valence electrons. The zero-order valence-corrected chi connectivity index (χ0v) is 18.3. The molecule has 2 unspecified atom stereocenters. The number of hydrogen-bond acceptors (Lipinski definition) is 6. The third-order valence-corrected chi connectivity index (χ3v) is 7.71. The fourth-order valence-electron chi connectivity index (χ4n) is 6.12. The third-order valence-electron chi connectivity index (χ3n) is 7.71. The maximum atomic E-state index is 10.3. The highest BCUT2D eigenvalue weighted by molar-refractivity contribution is 5.23. The summed E-state index contributed by atoms with van der Waals surface area (Å²) < 4.78 is 0. The number of fused-ring (bicyclic) bond motifs is 1. The number of hydrogen-bond donors (Lipinski definition) is 2. The largest absolute Gasteiger partial charge is 0.396 e. The zero-order valence-electron chi connectivity index (χ0n) is 18.3. The van der Waals surface area contributed by atoms with E-state index in [-0.39, 0.29) is 12.0 Å². The maximum Gasteiger partial charge on any atom is 0.219 e. The Morgan fingerprint density at radius 2 is 1.86 bits per heavy atom. The van der Waals surface area contributed by atoms with Crippen LogP contribution in [0.2, 0.25) is 0 Å². The predicted molar refractivity (Wildman–Crippen MR) is 116 cm³/mol. The quantitative estimate of drug-likeness (QED) is 0.716. The SMILES string of the molecule is CC1=C(CCN2CC3CN(Cc4cnc(N)nc4)CC3(CO)C2)C(C)(C)CCC1. The van der Waals surface area contributed by atoms with Crippen LogP contribution >= 0.6 is 0 Å². The van der Waals surface area contributed by atoms with E-state index in [4.69, 9.17) is 5.73 Å². The lowest BCUT2D eigenvalue weighted by Gasteiger charge is -2.36. The van der Waals surface area contributed by atoms with Crippen molar-refractivity contribution in [1.29, 1.82) is 0 Å². The summed E-state index contributed by atoms with van der Waals surface area (Å²) >= 11 is 0. The molecule has 2 aliphatic heterocycles. The summed E-state index contributed by atoms with van der Waals surface area (Å²) in [6.07, 6.45) is 8.72. The van der Waals surface area contributed by atoms with E-state index in [9.17, 15) is 5.11 Å². The monoisotopic (exact) mass is 399 g/mol. The summed E-state index contributed by atoms with van der Waals surface area (Å²) in [5.41, 5.74) is 10.4. The van der Waals surface area contributed by atoms with Crippen LogP contribution in [0, 0.1) is 16.7 Å². The molecule has 0 aromatic carbocycles. The van der Waals surface area contributed by atoms with Crippen molar-refractivity contribution in [2.75, 3.05) is 45.1 Å². The third kappa shape index (κ3) is 4.21. The Labute approximate surface area is 175 Å². The molecule has 2 fully saturated rings. The number of likely N-dealkylation sites (tertiary alicyclic amines) is 2. The number of nitrogens with zero attached hydrogens (tertiary/aromatic N) is 4. The normalized spacial score (nSPS) is 30.1. The van der Waals surface area contributed by atoms with Crippen molar-refractivity contribution in [3.8, 4) is 0 Å². The van der Waals surface area contributed by atoms with Crippen LogP contribution in [-0.4, -0.2) is 64.2 Å². The molecular formula is C23H37N5O. The van der Waals surface area contributed by atoms with Crippen molar-refractivity contribution < 1.29 is 5.11 Å².